The van der Waals surface area contributed by atoms with Crippen LogP contribution in [0.2, 0.25) is 0 Å². The van der Waals surface area contributed by atoms with Crippen molar-refractivity contribution in [1.29, 1.82) is 0 Å². The van der Waals surface area contributed by atoms with Crippen molar-refractivity contribution in [3.63, 3.8) is 0 Å². The van der Waals surface area contributed by atoms with Gasteiger partial charge in [0.1, 0.15) is 0 Å². The monoisotopic (exact) mass is 369 g/mol. The lowest BCUT2D eigenvalue weighted by atomic mass is 10.1. The molecular formula is C17H16BrN5. The van der Waals surface area contributed by atoms with Crippen LogP contribution in [-0.4, -0.2) is 21.7 Å². The number of halogens is 1. The number of anilines is 3. The van der Waals surface area contributed by atoms with Gasteiger partial charge in [0.15, 0.2) is 5.82 Å². The fourth-order valence-electron chi connectivity index (χ4n) is 2.12. The lowest BCUT2D eigenvalue weighted by molar-refractivity contribution is 0.950. The third-order valence-corrected chi connectivity index (χ3v) is 3.70. The molecule has 23 heavy (non-hydrogen) atoms. The van der Waals surface area contributed by atoms with Crippen LogP contribution in [-0.2, 0) is 6.42 Å². The van der Waals surface area contributed by atoms with E-state index in [2.05, 4.69) is 53.9 Å². The van der Waals surface area contributed by atoms with Gasteiger partial charge in [0, 0.05) is 16.7 Å². The molecule has 0 unspecified atom stereocenters. The van der Waals surface area contributed by atoms with Crippen LogP contribution in [0.5, 0.6) is 0 Å². The number of benzene rings is 2. The lowest BCUT2D eigenvalue weighted by Crippen LogP contribution is -2.08. The smallest absolute Gasteiger partial charge is 0.249 e. The first-order valence-corrected chi connectivity index (χ1v) is 8.09. The maximum Gasteiger partial charge on any atom is 0.249 e. The highest BCUT2D eigenvalue weighted by atomic mass is 79.9. The summed E-state index contributed by atoms with van der Waals surface area (Å²) in [6.45, 7) is 0.791. The molecule has 0 saturated carbocycles. The summed E-state index contributed by atoms with van der Waals surface area (Å²) in [5.74, 6) is 1.17. The van der Waals surface area contributed by atoms with Crippen LogP contribution in [0.3, 0.4) is 0 Å². The Hall–Kier alpha value is -2.47. The Morgan fingerprint density at radius 2 is 1.87 bits per heavy atom. The molecular weight excluding hydrogens is 354 g/mol. The highest BCUT2D eigenvalue weighted by molar-refractivity contribution is 9.10. The molecule has 5 nitrogen and oxygen atoms in total. The molecule has 0 amide bonds. The highest BCUT2D eigenvalue weighted by Crippen LogP contribution is 2.18. The van der Waals surface area contributed by atoms with E-state index >= 15 is 0 Å². The third kappa shape index (κ3) is 4.75. The first kappa shape index (κ1) is 15.4. The van der Waals surface area contributed by atoms with Gasteiger partial charge >= 0.3 is 0 Å². The maximum absolute atomic E-state index is 4.42. The zero-order valence-electron chi connectivity index (χ0n) is 12.4. The van der Waals surface area contributed by atoms with E-state index in [0.717, 1.165) is 23.1 Å². The average molecular weight is 370 g/mol. The van der Waals surface area contributed by atoms with Gasteiger partial charge in [-0.25, -0.2) is 0 Å². The van der Waals surface area contributed by atoms with Crippen LogP contribution in [0.4, 0.5) is 17.5 Å². The normalized spacial score (nSPS) is 10.3. The second-order valence-electron chi connectivity index (χ2n) is 4.96. The van der Waals surface area contributed by atoms with Crippen molar-refractivity contribution in [2.45, 2.75) is 6.42 Å². The Bertz CT molecular complexity index is 764. The quantitative estimate of drug-likeness (QED) is 0.686. The number of nitrogens with one attached hydrogen (secondary N) is 2. The van der Waals surface area contributed by atoms with E-state index in [4.69, 9.17) is 0 Å². The van der Waals surface area contributed by atoms with Crippen LogP contribution in [0.15, 0.2) is 65.3 Å². The van der Waals surface area contributed by atoms with Gasteiger partial charge < -0.3 is 10.6 Å². The summed E-state index contributed by atoms with van der Waals surface area (Å²) >= 11 is 3.44. The largest absolute Gasteiger partial charge is 0.368 e. The Kier molecular flexibility index (Phi) is 5.16. The van der Waals surface area contributed by atoms with Gasteiger partial charge in [-0.05, 0) is 30.2 Å². The molecule has 0 saturated heterocycles. The molecule has 3 rings (SSSR count). The lowest BCUT2D eigenvalue weighted by Gasteiger charge is -2.08. The van der Waals surface area contributed by atoms with Crippen LogP contribution in [0.25, 0.3) is 0 Å². The van der Waals surface area contributed by atoms with Crippen molar-refractivity contribution in [3.8, 4) is 0 Å². The summed E-state index contributed by atoms with van der Waals surface area (Å²) in [7, 11) is 0. The SMILES string of the molecule is Brc1cccc(Nc2nncc(NCCc3ccccc3)n2)c1. The molecule has 3 aromatic rings. The Morgan fingerprint density at radius 1 is 1.00 bits per heavy atom. The second kappa shape index (κ2) is 7.69. The Labute approximate surface area is 143 Å². The zero-order valence-corrected chi connectivity index (χ0v) is 14.0. The fraction of sp³-hybridized carbons (Fsp3) is 0.118. The van der Waals surface area contributed by atoms with Crippen molar-refractivity contribution in [1.82, 2.24) is 15.2 Å². The summed E-state index contributed by atoms with van der Waals surface area (Å²) < 4.78 is 0.993. The molecule has 0 aliphatic heterocycles. The standard InChI is InChI=1S/C17H16BrN5/c18-14-7-4-8-15(11-14)21-17-22-16(12-20-23-17)19-10-9-13-5-2-1-3-6-13/h1-8,11-12H,9-10H2,(H2,19,21,22,23). The molecule has 1 heterocycles. The molecule has 2 N–H and O–H groups in total. The summed E-state index contributed by atoms with van der Waals surface area (Å²) in [5, 5.41) is 14.4. The fourth-order valence-corrected chi connectivity index (χ4v) is 2.52. The average Bonchev–Trinajstić information content (AvgIpc) is 2.56. The van der Waals surface area contributed by atoms with E-state index in [-0.39, 0.29) is 0 Å². The van der Waals surface area contributed by atoms with Crippen molar-refractivity contribution in [2.75, 3.05) is 17.2 Å². The number of rotatable bonds is 6. The topological polar surface area (TPSA) is 62.7 Å². The van der Waals surface area contributed by atoms with Crippen LogP contribution in [0, 0.1) is 0 Å². The number of hydrogen-bond donors (Lipinski definition) is 2. The summed E-state index contributed by atoms with van der Waals surface area (Å²) in [5.41, 5.74) is 2.19. The van der Waals surface area contributed by atoms with E-state index in [1.807, 2.05) is 42.5 Å². The molecule has 0 spiro atoms. The van der Waals surface area contributed by atoms with Crippen molar-refractivity contribution in [2.24, 2.45) is 0 Å². The highest BCUT2D eigenvalue weighted by Gasteiger charge is 2.02. The van der Waals surface area contributed by atoms with Gasteiger partial charge in [-0.2, -0.15) is 10.1 Å². The number of hydrogen-bond acceptors (Lipinski definition) is 5. The first-order valence-electron chi connectivity index (χ1n) is 7.30. The Morgan fingerprint density at radius 3 is 2.70 bits per heavy atom. The predicted octanol–water partition coefficient (Wildman–Crippen LogP) is 4.03. The van der Waals surface area contributed by atoms with Crippen molar-refractivity contribution >= 4 is 33.4 Å². The maximum atomic E-state index is 4.42. The Balaban J connectivity index is 1.59. The van der Waals surface area contributed by atoms with E-state index in [1.54, 1.807) is 6.20 Å². The molecule has 0 radical (unpaired) electrons. The first-order chi connectivity index (χ1) is 11.3. The van der Waals surface area contributed by atoms with Gasteiger partial charge in [-0.15, -0.1) is 5.10 Å². The zero-order chi connectivity index (χ0) is 15.9. The van der Waals surface area contributed by atoms with Gasteiger partial charge in [0.05, 0.1) is 6.20 Å². The summed E-state index contributed by atoms with van der Waals surface area (Å²) in [4.78, 5) is 4.42. The van der Waals surface area contributed by atoms with Gasteiger partial charge in [-0.3, -0.25) is 0 Å². The van der Waals surface area contributed by atoms with Gasteiger partial charge in [0.25, 0.3) is 0 Å². The molecule has 6 heteroatoms. The molecule has 116 valence electrons. The van der Waals surface area contributed by atoms with E-state index < -0.39 is 0 Å². The summed E-state index contributed by atoms with van der Waals surface area (Å²) in [6.07, 6.45) is 2.55. The van der Waals surface area contributed by atoms with E-state index in [1.165, 1.54) is 5.56 Å². The van der Waals surface area contributed by atoms with E-state index in [9.17, 15) is 0 Å². The van der Waals surface area contributed by atoms with Crippen LogP contribution < -0.4 is 10.6 Å². The summed E-state index contributed by atoms with van der Waals surface area (Å²) in [6, 6.07) is 18.1. The van der Waals surface area contributed by atoms with E-state index in [0.29, 0.717) is 11.8 Å². The minimum absolute atomic E-state index is 0.466. The molecule has 0 aliphatic carbocycles. The number of aromatic nitrogens is 3. The predicted molar refractivity (Wildman–Crippen MR) is 95.9 cm³/mol. The minimum atomic E-state index is 0.466. The second-order valence-corrected chi connectivity index (χ2v) is 5.88. The molecule has 2 aromatic carbocycles. The minimum Gasteiger partial charge on any atom is -0.368 e. The van der Waals surface area contributed by atoms with Crippen LogP contribution >= 0.6 is 15.9 Å². The van der Waals surface area contributed by atoms with Gasteiger partial charge in [-0.1, -0.05) is 52.3 Å². The number of nitrogens with zero attached hydrogens (tertiary/aromatic N) is 3. The molecule has 0 atom stereocenters. The van der Waals surface area contributed by atoms with Crippen molar-refractivity contribution in [3.05, 3.63) is 70.8 Å². The molecule has 1 aromatic heterocycles. The molecule has 0 fully saturated rings. The van der Waals surface area contributed by atoms with Gasteiger partial charge in [0.2, 0.25) is 5.95 Å². The molecule has 0 bridgehead atoms. The van der Waals surface area contributed by atoms with Crippen LogP contribution in [0.1, 0.15) is 5.56 Å². The molecule has 0 aliphatic rings. The third-order valence-electron chi connectivity index (χ3n) is 3.20. The van der Waals surface area contributed by atoms with Crippen molar-refractivity contribution < 1.29 is 0 Å².